The molecule has 1 atom stereocenters. The number of halogens is 4. The Morgan fingerprint density at radius 3 is 2.33 bits per heavy atom. The summed E-state index contributed by atoms with van der Waals surface area (Å²) in [5, 5.41) is 9.57. The quantitative estimate of drug-likeness (QED) is 0.123. The lowest BCUT2D eigenvalue weighted by Crippen LogP contribution is -2.47. The van der Waals surface area contributed by atoms with E-state index >= 15 is 17.6 Å². The number of rotatable bonds is 10. The fourth-order valence-corrected chi connectivity index (χ4v) is 8.08. The predicted molar refractivity (Wildman–Crippen MR) is 218 cm³/mol. The van der Waals surface area contributed by atoms with E-state index in [4.69, 9.17) is 0 Å². The van der Waals surface area contributed by atoms with Gasteiger partial charge in [0.15, 0.2) is 5.82 Å². The third-order valence-corrected chi connectivity index (χ3v) is 11.3. The molecule has 4 amide bonds. The summed E-state index contributed by atoms with van der Waals surface area (Å²) in [6, 6.07) is 10.7. The number of carbonyl (C=O) groups excluding carboxylic acids is 4. The molecule has 0 spiro atoms. The van der Waals surface area contributed by atoms with Gasteiger partial charge in [-0.05, 0) is 66.4 Å². The first-order valence-electron chi connectivity index (χ1n) is 19.7. The Morgan fingerprint density at radius 1 is 0.883 bits per heavy atom. The summed E-state index contributed by atoms with van der Waals surface area (Å²) in [5.74, 6) is -4.09. The molecule has 60 heavy (non-hydrogen) atoms. The molecule has 13 nitrogen and oxygen atoms in total. The van der Waals surface area contributed by atoms with Gasteiger partial charge in [0.2, 0.25) is 17.7 Å². The number of aromatic amines is 1. The van der Waals surface area contributed by atoms with Gasteiger partial charge in [-0.25, -0.2) is 17.6 Å². The number of nitrogens with one attached hydrogen (secondary N) is 3. The molecule has 2 fully saturated rings. The minimum atomic E-state index is -0.771. The molecule has 0 bridgehead atoms. The molecule has 17 heteroatoms. The molecular weight excluding hydrogens is 783 g/mol. The molecule has 0 saturated carbocycles. The normalized spacial score (nSPS) is 17.2. The van der Waals surface area contributed by atoms with E-state index in [-0.39, 0.29) is 83.3 Å². The molecule has 312 valence electrons. The molecule has 0 radical (unpaired) electrons. The molecule has 5 aromatic rings. The zero-order valence-electron chi connectivity index (χ0n) is 33.0. The van der Waals surface area contributed by atoms with Crippen LogP contribution in [0.15, 0.2) is 67.0 Å². The van der Waals surface area contributed by atoms with Gasteiger partial charge in [0.25, 0.3) is 5.91 Å². The lowest BCUT2D eigenvalue weighted by atomic mass is 9.92. The number of nitrogens with zero attached hydrogens (tertiary/aromatic N) is 6. The van der Waals surface area contributed by atoms with Crippen LogP contribution in [0.3, 0.4) is 0 Å². The molecular formula is C43H43F4N9O4. The van der Waals surface area contributed by atoms with Gasteiger partial charge in [-0.2, -0.15) is 5.10 Å². The lowest BCUT2D eigenvalue weighted by molar-refractivity contribution is -0.134. The average molecular weight is 826 g/mol. The van der Waals surface area contributed by atoms with Crippen LogP contribution in [-0.2, 0) is 20.9 Å². The second kappa shape index (κ2) is 16.5. The zero-order chi connectivity index (χ0) is 42.2. The van der Waals surface area contributed by atoms with Crippen molar-refractivity contribution in [3.05, 3.63) is 102 Å². The summed E-state index contributed by atoms with van der Waals surface area (Å²) in [7, 11) is 3.09. The summed E-state index contributed by atoms with van der Waals surface area (Å²) in [6.07, 6.45) is 6.35. The SMILES string of the molecule is CN(C)C(=O)c1cc2c(-c3cc(F)c(N4CCN(c5ccc(NC6CCC(=O)NC6=O)cc5F)CC4)cc3F)cc(C3=CCCN(C(=O)CCn4cccn4)C3)c(F)c2[nH]1. The van der Waals surface area contributed by atoms with Crippen molar-refractivity contribution in [2.75, 3.05) is 68.5 Å². The van der Waals surface area contributed by atoms with Gasteiger partial charge in [-0.1, -0.05) is 6.08 Å². The minimum absolute atomic E-state index is 0.00976. The van der Waals surface area contributed by atoms with Crippen LogP contribution in [0.5, 0.6) is 0 Å². The van der Waals surface area contributed by atoms with Crippen LogP contribution < -0.4 is 20.4 Å². The molecule has 1 unspecified atom stereocenters. The van der Waals surface area contributed by atoms with Crippen molar-refractivity contribution in [3.63, 3.8) is 0 Å². The molecule has 2 saturated heterocycles. The highest BCUT2D eigenvalue weighted by atomic mass is 19.1. The fourth-order valence-electron chi connectivity index (χ4n) is 8.08. The van der Waals surface area contributed by atoms with Gasteiger partial charge in [0.05, 0.1) is 16.9 Å². The number of amides is 4. The number of benzene rings is 3. The van der Waals surface area contributed by atoms with Crippen molar-refractivity contribution in [1.29, 1.82) is 0 Å². The Balaban J connectivity index is 1.03. The number of piperidine rings is 1. The maximum atomic E-state index is 16.6. The van der Waals surface area contributed by atoms with Crippen LogP contribution in [0.25, 0.3) is 27.6 Å². The third kappa shape index (κ3) is 8.03. The van der Waals surface area contributed by atoms with E-state index in [9.17, 15) is 19.2 Å². The van der Waals surface area contributed by atoms with Crippen LogP contribution in [0.4, 0.5) is 34.6 Å². The Kier molecular flexibility index (Phi) is 11.1. The molecule has 3 aliphatic rings. The summed E-state index contributed by atoms with van der Waals surface area (Å²) in [4.78, 5) is 59.2. The maximum Gasteiger partial charge on any atom is 0.269 e. The topological polar surface area (TPSA) is 139 Å². The highest BCUT2D eigenvalue weighted by molar-refractivity contribution is 6.05. The van der Waals surface area contributed by atoms with E-state index in [1.165, 1.54) is 23.1 Å². The van der Waals surface area contributed by atoms with Gasteiger partial charge in [-0.3, -0.25) is 29.2 Å². The van der Waals surface area contributed by atoms with Crippen LogP contribution in [0.2, 0.25) is 0 Å². The predicted octanol–water partition coefficient (Wildman–Crippen LogP) is 5.54. The number of carbonyl (C=O) groups is 4. The number of piperazine rings is 1. The van der Waals surface area contributed by atoms with Gasteiger partial charge < -0.3 is 29.9 Å². The molecule has 3 aromatic carbocycles. The standard InChI is InChI=1S/C43H43F4N9O4/c1-52(2)43(60)35-22-30-28(20-27(40(47)41(30)50-35)25-5-3-12-55(24-25)39(58)10-14-56-13-4-11-48-56)29-21-33(46)37(23-31(29)44)54-17-15-53(16-18-54)36-8-6-26(19-32(36)45)49-34-7-9-38(57)51-42(34)59/h4-6,8,11,13,19-23,34,49-50H,3,7,9-10,12,14-18,24H2,1-2H3,(H,51,57,59). The van der Waals surface area contributed by atoms with Crippen molar-refractivity contribution < 1.29 is 36.7 Å². The first kappa shape index (κ1) is 40.1. The van der Waals surface area contributed by atoms with Crippen LogP contribution in [-0.4, -0.2) is 108 Å². The number of H-pyrrole nitrogens is 1. The second-order valence-electron chi connectivity index (χ2n) is 15.4. The average Bonchev–Trinajstić information content (AvgIpc) is 3.94. The maximum absolute atomic E-state index is 16.6. The Bertz CT molecular complexity index is 2530. The smallest absolute Gasteiger partial charge is 0.269 e. The Morgan fingerprint density at radius 2 is 1.63 bits per heavy atom. The van der Waals surface area contributed by atoms with E-state index in [0.717, 1.165) is 12.1 Å². The van der Waals surface area contributed by atoms with Crippen molar-refractivity contribution in [3.8, 4) is 11.1 Å². The molecule has 5 heterocycles. The summed E-state index contributed by atoms with van der Waals surface area (Å²) < 4.78 is 66.2. The van der Waals surface area contributed by atoms with E-state index in [1.54, 1.807) is 64.1 Å². The van der Waals surface area contributed by atoms with E-state index in [0.29, 0.717) is 56.0 Å². The van der Waals surface area contributed by atoms with Crippen molar-refractivity contribution in [2.24, 2.45) is 0 Å². The first-order valence-corrected chi connectivity index (χ1v) is 19.7. The number of fused-ring (bicyclic) bond motifs is 1. The highest BCUT2D eigenvalue weighted by Gasteiger charge is 2.29. The van der Waals surface area contributed by atoms with Gasteiger partial charge in [0, 0.05) is 113 Å². The number of aromatic nitrogens is 3. The summed E-state index contributed by atoms with van der Waals surface area (Å²) in [5.41, 5.74) is 1.34. The molecule has 0 aliphatic carbocycles. The largest absolute Gasteiger partial charge is 0.374 e. The van der Waals surface area contributed by atoms with Gasteiger partial charge in [0.1, 0.15) is 29.2 Å². The van der Waals surface area contributed by atoms with Crippen molar-refractivity contribution in [1.82, 2.24) is 29.9 Å². The van der Waals surface area contributed by atoms with Crippen molar-refractivity contribution in [2.45, 2.75) is 38.3 Å². The van der Waals surface area contributed by atoms with Gasteiger partial charge in [-0.15, -0.1) is 0 Å². The highest BCUT2D eigenvalue weighted by Crippen LogP contribution is 2.40. The Labute approximate surface area is 342 Å². The van der Waals surface area contributed by atoms with Crippen LogP contribution in [0.1, 0.15) is 41.7 Å². The Hall–Kier alpha value is -6.65. The second-order valence-corrected chi connectivity index (χ2v) is 15.4. The number of hydrogen-bond donors (Lipinski definition) is 3. The lowest BCUT2D eigenvalue weighted by Gasteiger charge is -2.37. The minimum Gasteiger partial charge on any atom is -0.374 e. The van der Waals surface area contributed by atoms with E-state index in [2.05, 4.69) is 20.7 Å². The number of imide groups is 1. The van der Waals surface area contributed by atoms with Crippen LogP contribution >= 0.6 is 0 Å². The number of hydrogen-bond acceptors (Lipinski definition) is 8. The molecule has 3 aliphatic heterocycles. The summed E-state index contributed by atoms with van der Waals surface area (Å²) in [6.45, 7) is 2.00. The monoisotopic (exact) mass is 825 g/mol. The molecule has 3 N–H and O–H groups in total. The van der Waals surface area contributed by atoms with Crippen molar-refractivity contribution >= 4 is 57.2 Å². The van der Waals surface area contributed by atoms with E-state index < -0.39 is 41.1 Å². The van der Waals surface area contributed by atoms with Crippen LogP contribution in [0, 0.1) is 23.3 Å². The van der Waals surface area contributed by atoms with Gasteiger partial charge >= 0.3 is 0 Å². The third-order valence-electron chi connectivity index (χ3n) is 11.3. The summed E-state index contributed by atoms with van der Waals surface area (Å²) >= 11 is 0. The number of anilines is 3. The number of aryl methyl sites for hydroxylation is 1. The first-order chi connectivity index (χ1) is 28.8. The fraction of sp³-hybridized carbons (Fsp3) is 0.326. The zero-order valence-corrected chi connectivity index (χ0v) is 33.0. The molecule has 2 aromatic heterocycles. The molecule has 8 rings (SSSR count). The van der Waals surface area contributed by atoms with E-state index in [1.807, 2.05) is 6.08 Å².